The fourth-order valence-electron chi connectivity index (χ4n) is 1.77. The largest absolute Gasteiger partial charge is 0.357 e. The highest BCUT2D eigenvalue weighted by Crippen LogP contribution is 2.31. The van der Waals surface area contributed by atoms with E-state index < -0.39 is 0 Å². The number of hydrogen-bond acceptors (Lipinski definition) is 3. The summed E-state index contributed by atoms with van der Waals surface area (Å²) in [6, 6.07) is 13.5. The van der Waals surface area contributed by atoms with Gasteiger partial charge in [0, 0.05) is 11.6 Å². The SMILES string of the molecule is Clc1ccc(CNc2nc3cccc(Cl)c3s2)cc1. The van der Waals surface area contributed by atoms with Crippen LogP contribution in [0.2, 0.25) is 10.0 Å². The minimum atomic E-state index is 0.717. The maximum absolute atomic E-state index is 6.13. The second-order valence-electron chi connectivity index (χ2n) is 4.09. The van der Waals surface area contributed by atoms with E-state index in [2.05, 4.69) is 10.3 Å². The van der Waals surface area contributed by atoms with Crippen LogP contribution in [0.3, 0.4) is 0 Å². The van der Waals surface area contributed by atoms with Crippen molar-refractivity contribution in [2.24, 2.45) is 0 Å². The zero-order valence-electron chi connectivity index (χ0n) is 9.86. The molecule has 0 unspecified atom stereocenters. The molecule has 0 bridgehead atoms. The lowest BCUT2D eigenvalue weighted by molar-refractivity contribution is 1.14. The van der Waals surface area contributed by atoms with E-state index in [0.29, 0.717) is 6.54 Å². The van der Waals surface area contributed by atoms with Crippen molar-refractivity contribution < 1.29 is 0 Å². The number of thiazole rings is 1. The first-order valence-electron chi connectivity index (χ1n) is 5.76. The van der Waals surface area contributed by atoms with Crippen LogP contribution in [0.15, 0.2) is 42.5 Å². The van der Waals surface area contributed by atoms with E-state index in [-0.39, 0.29) is 0 Å². The molecule has 1 N–H and O–H groups in total. The summed E-state index contributed by atoms with van der Waals surface area (Å²) >= 11 is 13.6. The molecule has 1 aromatic heterocycles. The van der Waals surface area contributed by atoms with Crippen LogP contribution in [0.25, 0.3) is 10.2 Å². The zero-order valence-corrected chi connectivity index (χ0v) is 12.2. The number of benzene rings is 2. The molecule has 5 heteroatoms. The van der Waals surface area contributed by atoms with Gasteiger partial charge in [0.2, 0.25) is 0 Å². The van der Waals surface area contributed by atoms with Crippen molar-refractivity contribution in [3.05, 3.63) is 58.1 Å². The van der Waals surface area contributed by atoms with E-state index in [4.69, 9.17) is 23.2 Å². The number of fused-ring (bicyclic) bond motifs is 1. The van der Waals surface area contributed by atoms with Crippen LogP contribution in [-0.4, -0.2) is 4.98 Å². The predicted octanol–water partition coefficient (Wildman–Crippen LogP) is 5.22. The van der Waals surface area contributed by atoms with Crippen molar-refractivity contribution in [1.82, 2.24) is 4.98 Å². The van der Waals surface area contributed by atoms with Crippen molar-refractivity contribution in [3.8, 4) is 0 Å². The minimum Gasteiger partial charge on any atom is -0.357 e. The summed E-state index contributed by atoms with van der Waals surface area (Å²) in [6.07, 6.45) is 0. The topological polar surface area (TPSA) is 24.9 Å². The second-order valence-corrected chi connectivity index (χ2v) is 5.93. The molecule has 0 aliphatic carbocycles. The third kappa shape index (κ3) is 2.84. The number of nitrogens with one attached hydrogen (secondary N) is 1. The maximum Gasteiger partial charge on any atom is 0.184 e. The molecule has 0 amide bonds. The molecule has 0 radical (unpaired) electrons. The summed E-state index contributed by atoms with van der Waals surface area (Å²) in [5.41, 5.74) is 2.09. The Morgan fingerprint density at radius 2 is 1.84 bits per heavy atom. The van der Waals surface area contributed by atoms with Gasteiger partial charge in [-0.05, 0) is 29.8 Å². The van der Waals surface area contributed by atoms with Gasteiger partial charge in [0.25, 0.3) is 0 Å². The predicted molar refractivity (Wildman–Crippen MR) is 83.4 cm³/mol. The first-order valence-corrected chi connectivity index (χ1v) is 7.33. The van der Waals surface area contributed by atoms with Crippen LogP contribution in [0.1, 0.15) is 5.56 Å². The Morgan fingerprint density at radius 1 is 1.05 bits per heavy atom. The molecule has 1 heterocycles. The van der Waals surface area contributed by atoms with Crippen LogP contribution in [0.4, 0.5) is 5.13 Å². The summed E-state index contributed by atoms with van der Waals surface area (Å²) in [5, 5.41) is 5.67. The molecule has 3 aromatic rings. The van der Waals surface area contributed by atoms with E-state index in [9.17, 15) is 0 Å². The minimum absolute atomic E-state index is 0.717. The number of nitrogens with zero attached hydrogens (tertiary/aromatic N) is 1. The molecule has 0 atom stereocenters. The highest BCUT2D eigenvalue weighted by molar-refractivity contribution is 7.22. The molecule has 3 rings (SSSR count). The van der Waals surface area contributed by atoms with E-state index >= 15 is 0 Å². The smallest absolute Gasteiger partial charge is 0.184 e. The van der Waals surface area contributed by atoms with Crippen molar-refractivity contribution >= 4 is 49.9 Å². The van der Waals surface area contributed by atoms with E-state index in [1.54, 1.807) is 11.3 Å². The Hall–Kier alpha value is -1.29. The molecule has 19 heavy (non-hydrogen) atoms. The number of rotatable bonds is 3. The molecule has 96 valence electrons. The van der Waals surface area contributed by atoms with Gasteiger partial charge in [-0.15, -0.1) is 0 Å². The van der Waals surface area contributed by atoms with Crippen LogP contribution in [0, 0.1) is 0 Å². The standard InChI is InChI=1S/C14H10Cl2N2S/c15-10-6-4-9(5-7-10)8-17-14-18-12-3-1-2-11(16)13(12)19-14/h1-7H,8H2,(H,17,18). The van der Waals surface area contributed by atoms with Crippen molar-refractivity contribution in [3.63, 3.8) is 0 Å². The van der Waals surface area contributed by atoms with Gasteiger partial charge in [-0.25, -0.2) is 4.98 Å². The van der Waals surface area contributed by atoms with Crippen molar-refractivity contribution in [2.45, 2.75) is 6.54 Å². The summed E-state index contributed by atoms with van der Waals surface area (Å²) in [6.45, 7) is 0.717. The lowest BCUT2D eigenvalue weighted by Gasteiger charge is -2.02. The van der Waals surface area contributed by atoms with Gasteiger partial charge in [-0.3, -0.25) is 0 Å². The van der Waals surface area contributed by atoms with Crippen LogP contribution >= 0.6 is 34.5 Å². The number of hydrogen-bond donors (Lipinski definition) is 1. The number of anilines is 1. The van der Waals surface area contributed by atoms with Gasteiger partial charge in [0.15, 0.2) is 5.13 Å². The summed E-state index contributed by atoms with van der Waals surface area (Å²) in [7, 11) is 0. The van der Waals surface area contributed by atoms with Gasteiger partial charge in [0.1, 0.15) is 0 Å². The molecule has 0 fully saturated rings. The van der Waals surface area contributed by atoms with Gasteiger partial charge in [-0.1, -0.05) is 52.7 Å². The maximum atomic E-state index is 6.13. The Kier molecular flexibility index (Phi) is 3.60. The molecule has 2 nitrogen and oxygen atoms in total. The highest BCUT2D eigenvalue weighted by atomic mass is 35.5. The van der Waals surface area contributed by atoms with Gasteiger partial charge in [-0.2, -0.15) is 0 Å². The summed E-state index contributed by atoms with van der Waals surface area (Å²) in [5.74, 6) is 0. The van der Waals surface area contributed by atoms with Gasteiger partial charge < -0.3 is 5.32 Å². The third-order valence-electron chi connectivity index (χ3n) is 2.72. The average Bonchev–Trinajstić information content (AvgIpc) is 2.83. The Labute approximate surface area is 125 Å². The highest BCUT2D eigenvalue weighted by Gasteiger charge is 2.06. The quantitative estimate of drug-likeness (QED) is 0.718. The van der Waals surface area contributed by atoms with Crippen molar-refractivity contribution in [1.29, 1.82) is 0 Å². The van der Waals surface area contributed by atoms with Crippen LogP contribution in [0.5, 0.6) is 0 Å². The average molecular weight is 309 g/mol. The normalized spacial score (nSPS) is 10.8. The van der Waals surface area contributed by atoms with Gasteiger partial charge in [0.05, 0.1) is 15.2 Å². The third-order valence-corrected chi connectivity index (χ3v) is 4.47. The molecule has 0 spiro atoms. The Balaban J connectivity index is 1.78. The van der Waals surface area contributed by atoms with E-state index in [0.717, 1.165) is 31.0 Å². The monoisotopic (exact) mass is 308 g/mol. The first-order chi connectivity index (χ1) is 9.22. The molecule has 0 saturated heterocycles. The lowest BCUT2D eigenvalue weighted by Crippen LogP contribution is -1.98. The molecule has 0 aliphatic heterocycles. The zero-order chi connectivity index (χ0) is 13.2. The fourth-order valence-corrected chi connectivity index (χ4v) is 3.05. The van der Waals surface area contributed by atoms with Gasteiger partial charge >= 0.3 is 0 Å². The van der Waals surface area contributed by atoms with Crippen molar-refractivity contribution in [2.75, 3.05) is 5.32 Å². The lowest BCUT2D eigenvalue weighted by atomic mass is 10.2. The Morgan fingerprint density at radius 3 is 2.58 bits per heavy atom. The van der Waals surface area contributed by atoms with E-state index in [1.807, 2.05) is 42.5 Å². The molecular formula is C14H10Cl2N2S. The number of halogens is 2. The first kappa shape index (κ1) is 12.7. The van der Waals surface area contributed by atoms with Crippen LogP contribution in [-0.2, 0) is 6.54 Å². The van der Waals surface area contributed by atoms with E-state index in [1.165, 1.54) is 0 Å². The summed E-state index contributed by atoms with van der Waals surface area (Å²) in [4.78, 5) is 4.50. The molecular weight excluding hydrogens is 299 g/mol. The molecule has 0 saturated carbocycles. The second kappa shape index (κ2) is 5.37. The number of aromatic nitrogens is 1. The van der Waals surface area contributed by atoms with Crippen LogP contribution < -0.4 is 5.32 Å². The Bertz CT molecular complexity index is 707. The fraction of sp³-hybridized carbons (Fsp3) is 0.0714. The summed E-state index contributed by atoms with van der Waals surface area (Å²) < 4.78 is 1.02. The molecule has 2 aromatic carbocycles. The molecule has 0 aliphatic rings.